The van der Waals surface area contributed by atoms with Crippen molar-refractivity contribution in [3.63, 3.8) is 0 Å². The molecule has 0 aromatic carbocycles. The van der Waals surface area contributed by atoms with Gasteiger partial charge in [-0.3, -0.25) is 9.69 Å². The number of amides is 1. The van der Waals surface area contributed by atoms with Crippen LogP contribution in [-0.4, -0.2) is 66.2 Å². The Kier molecular flexibility index (Phi) is 6.47. The topological polar surface area (TPSA) is 69.8 Å². The first-order valence-electron chi connectivity index (χ1n) is 6.56. The van der Waals surface area contributed by atoms with Crippen LogP contribution in [0.3, 0.4) is 0 Å². The zero-order valence-corrected chi connectivity index (χ0v) is 10.8. The molecular weight excluding hydrogens is 218 g/mol. The number of aliphatic hydroxyl groups excluding tert-OH is 1. The van der Waals surface area contributed by atoms with Gasteiger partial charge in [0.05, 0.1) is 12.6 Å². The van der Waals surface area contributed by atoms with Gasteiger partial charge in [0.1, 0.15) is 0 Å². The van der Waals surface area contributed by atoms with Crippen LogP contribution in [0.15, 0.2) is 0 Å². The van der Waals surface area contributed by atoms with Crippen LogP contribution in [0, 0.1) is 0 Å². The number of hydrogen-bond donors (Lipinski definition) is 2. The zero-order chi connectivity index (χ0) is 12.7. The maximum atomic E-state index is 12.0. The highest BCUT2D eigenvalue weighted by Crippen LogP contribution is 2.06. The van der Waals surface area contributed by atoms with E-state index >= 15 is 0 Å². The van der Waals surface area contributed by atoms with Crippen LogP contribution in [-0.2, 0) is 4.79 Å². The van der Waals surface area contributed by atoms with E-state index in [4.69, 9.17) is 10.8 Å². The van der Waals surface area contributed by atoms with Crippen molar-refractivity contribution in [2.24, 2.45) is 5.73 Å². The van der Waals surface area contributed by atoms with Gasteiger partial charge in [-0.25, -0.2) is 0 Å². The average Bonchev–Trinajstić information content (AvgIpc) is 2.54. The summed E-state index contributed by atoms with van der Waals surface area (Å²) in [5, 5.41) is 8.90. The highest BCUT2D eigenvalue weighted by Gasteiger charge is 2.22. The van der Waals surface area contributed by atoms with E-state index in [9.17, 15) is 4.79 Å². The lowest BCUT2D eigenvalue weighted by Crippen LogP contribution is -2.45. The van der Waals surface area contributed by atoms with Crippen LogP contribution in [0.1, 0.15) is 26.2 Å². The van der Waals surface area contributed by atoms with Gasteiger partial charge < -0.3 is 15.7 Å². The Morgan fingerprint density at radius 3 is 2.76 bits per heavy atom. The summed E-state index contributed by atoms with van der Waals surface area (Å²) in [6.07, 6.45) is 2.66. The molecule has 1 rings (SSSR count). The number of β-amino-alcohol motifs (C(OH)–C–C–N with tert-alkyl or cyclic N) is 1. The van der Waals surface area contributed by atoms with E-state index in [1.54, 1.807) is 0 Å². The first kappa shape index (κ1) is 14.4. The Labute approximate surface area is 104 Å². The lowest BCUT2D eigenvalue weighted by Gasteiger charge is -2.24. The largest absolute Gasteiger partial charge is 0.395 e. The molecule has 0 saturated carbocycles. The lowest BCUT2D eigenvalue weighted by molar-refractivity contribution is -0.132. The highest BCUT2D eigenvalue weighted by atomic mass is 16.3. The third-order valence-corrected chi connectivity index (χ3v) is 3.23. The summed E-state index contributed by atoms with van der Waals surface area (Å²) in [5.74, 6) is 0.0812. The van der Waals surface area contributed by atoms with Gasteiger partial charge in [0.15, 0.2) is 0 Å². The second-order valence-corrected chi connectivity index (χ2v) is 4.64. The Morgan fingerprint density at radius 1 is 1.35 bits per heavy atom. The van der Waals surface area contributed by atoms with Crippen LogP contribution >= 0.6 is 0 Å². The predicted molar refractivity (Wildman–Crippen MR) is 67.6 cm³/mol. The molecule has 1 atom stereocenters. The summed E-state index contributed by atoms with van der Waals surface area (Å²) in [6.45, 7) is 6.23. The molecule has 1 heterocycles. The van der Waals surface area contributed by atoms with Crippen molar-refractivity contribution in [2.75, 3.05) is 39.3 Å². The van der Waals surface area contributed by atoms with E-state index in [0.29, 0.717) is 6.54 Å². The fraction of sp³-hybridized carbons (Fsp3) is 0.917. The smallest absolute Gasteiger partial charge is 0.239 e. The number of carbonyl (C=O) groups excluding carboxylic acids is 1. The third-order valence-electron chi connectivity index (χ3n) is 3.23. The van der Waals surface area contributed by atoms with Crippen molar-refractivity contribution in [2.45, 2.75) is 32.2 Å². The molecule has 0 aliphatic carbocycles. The SMILES string of the molecule is CCC[C@@H](N)C(=O)N1CCCN(CCO)CC1. The summed E-state index contributed by atoms with van der Waals surface area (Å²) in [7, 11) is 0. The van der Waals surface area contributed by atoms with Crippen molar-refractivity contribution in [1.29, 1.82) is 0 Å². The van der Waals surface area contributed by atoms with Gasteiger partial charge in [0.25, 0.3) is 0 Å². The van der Waals surface area contributed by atoms with Crippen LogP contribution in [0.5, 0.6) is 0 Å². The third kappa shape index (κ3) is 4.61. The molecule has 0 spiro atoms. The Morgan fingerprint density at radius 2 is 2.12 bits per heavy atom. The molecule has 3 N–H and O–H groups in total. The van der Waals surface area contributed by atoms with Crippen molar-refractivity contribution in [1.82, 2.24) is 9.80 Å². The van der Waals surface area contributed by atoms with Crippen LogP contribution in [0.2, 0.25) is 0 Å². The first-order valence-corrected chi connectivity index (χ1v) is 6.56. The van der Waals surface area contributed by atoms with Crippen molar-refractivity contribution >= 4 is 5.91 Å². The van der Waals surface area contributed by atoms with E-state index in [-0.39, 0.29) is 18.6 Å². The normalized spacial score (nSPS) is 20.1. The van der Waals surface area contributed by atoms with Gasteiger partial charge in [-0.2, -0.15) is 0 Å². The van der Waals surface area contributed by atoms with Crippen molar-refractivity contribution < 1.29 is 9.90 Å². The molecule has 0 unspecified atom stereocenters. The molecule has 100 valence electrons. The second-order valence-electron chi connectivity index (χ2n) is 4.64. The number of aliphatic hydroxyl groups is 1. The van der Waals surface area contributed by atoms with Gasteiger partial charge in [0, 0.05) is 26.2 Å². The summed E-state index contributed by atoms with van der Waals surface area (Å²) in [4.78, 5) is 16.1. The summed E-state index contributed by atoms with van der Waals surface area (Å²) >= 11 is 0. The fourth-order valence-electron chi connectivity index (χ4n) is 2.23. The molecule has 0 aromatic rings. The van der Waals surface area contributed by atoms with Gasteiger partial charge >= 0.3 is 0 Å². The van der Waals surface area contributed by atoms with Gasteiger partial charge in [-0.1, -0.05) is 13.3 Å². The minimum absolute atomic E-state index is 0.0812. The molecule has 5 heteroatoms. The minimum Gasteiger partial charge on any atom is -0.395 e. The van der Waals surface area contributed by atoms with Crippen LogP contribution in [0.4, 0.5) is 0 Å². The van der Waals surface area contributed by atoms with E-state index in [2.05, 4.69) is 4.90 Å². The molecule has 0 bridgehead atoms. The molecular formula is C12H25N3O2. The predicted octanol–water partition coefficient (Wildman–Crippen LogP) is -0.360. The Bertz CT molecular complexity index is 236. The maximum Gasteiger partial charge on any atom is 0.239 e. The average molecular weight is 243 g/mol. The summed E-state index contributed by atoms with van der Waals surface area (Å²) in [6, 6.07) is -0.343. The number of nitrogens with two attached hydrogens (primary N) is 1. The Balaban J connectivity index is 2.42. The molecule has 1 amide bonds. The molecule has 1 fully saturated rings. The van der Waals surface area contributed by atoms with Crippen LogP contribution in [0.25, 0.3) is 0 Å². The van der Waals surface area contributed by atoms with Gasteiger partial charge in [0.2, 0.25) is 5.91 Å². The Hall–Kier alpha value is -0.650. The molecule has 0 aromatic heterocycles. The fourth-order valence-corrected chi connectivity index (χ4v) is 2.23. The summed E-state index contributed by atoms with van der Waals surface area (Å²) in [5.41, 5.74) is 5.86. The maximum absolute atomic E-state index is 12.0. The zero-order valence-electron chi connectivity index (χ0n) is 10.8. The lowest BCUT2D eigenvalue weighted by atomic mass is 10.1. The summed E-state index contributed by atoms with van der Waals surface area (Å²) < 4.78 is 0. The second kappa shape index (κ2) is 7.63. The van der Waals surface area contributed by atoms with E-state index in [0.717, 1.165) is 45.4 Å². The number of nitrogens with zero attached hydrogens (tertiary/aromatic N) is 2. The molecule has 0 radical (unpaired) electrons. The number of rotatable bonds is 5. The monoisotopic (exact) mass is 243 g/mol. The number of carbonyl (C=O) groups is 1. The molecule has 1 aliphatic heterocycles. The minimum atomic E-state index is -0.343. The van der Waals surface area contributed by atoms with E-state index in [1.165, 1.54) is 0 Å². The first-order chi connectivity index (χ1) is 8.19. The quantitative estimate of drug-likeness (QED) is 0.692. The van der Waals surface area contributed by atoms with E-state index in [1.807, 2.05) is 11.8 Å². The standard InChI is InChI=1S/C12H25N3O2/c1-2-4-11(13)12(17)15-6-3-5-14(7-8-15)9-10-16/h11,16H,2-10,13H2,1H3/t11-/m1/s1. The van der Waals surface area contributed by atoms with E-state index < -0.39 is 0 Å². The van der Waals surface area contributed by atoms with Crippen molar-refractivity contribution in [3.05, 3.63) is 0 Å². The van der Waals surface area contributed by atoms with Gasteiger partial charge in [-0.05, 0) is 19.4 Å². The van der Waals surface area contributed by atoms with Crippen LogP contribution < -0.4 is 5.73 Å². The number of hydrogen-bond acceptors (Lipinski definition) is 4. The molecule has 17 heavy (non-hydrogen) atoms. The molecule has 5 nitrogen and oxygen atoms in total. The van der Waals surface area contributed by atoms with Crippen molar-refractivity contribution in [3.8, 4) is 0 Å². The molecule has 1 aliphatic rings. The highest BCUT2D eigenvalue weighted by molar-refractivity contribution is 5.81. The van der Waals surface area contributed by atoms with Gasteiger partial charge in [-0.15, -0.1) is 0 Å². The molecule has 1 saturated heterocycles.